The van der Waals surface area contributed by atoms with Gasteiger partial charge in [-0.25, -0.2) is 0 Å². The molecule has 0 spiro atoms. The highest BCUT2D eigenvalue weighted by atomic mass is 16.3. The van der Waals surface area contributed by atoms with Gasteiger partial charge >= 0.3 is 0 Å². The maximum atomic E-state index is 10.5. The highest BCUT2D eigenvalue weighted by Crippen LogP contribution is 2.40. The van der Waals surface area contributed by atoms with Crippen molar-refractivity contribution in [2.45, 2.75) is 51.7 Å². The fraction of sp³-hybridized carbons (Fsp3) is 0.647. The van der Waals surface area contributed by atoms with Gasteiger partial charge in [0.15, 0.2) is 0 Å². The normalized spacial score (nSPS) is 31.4. The van der Waals surface area contributed by atoms with Crippen LogP contribution >= 0.6 is 0 Å². The van der Waals surface area contributed by atoms with Crippen molar-refractivity contribution in [3.63, 3.8) is 0 Å². The Hall–Kier alpha value is -0.860. The van der Waals surface area contributed by atoms with Crippen molar-refractivity contribution >= 4 is 0 Å². The number of benzene rings is 1. The van der Waals surface area contributed by atoms with E-state index < -0.39 is 0 Å². The van der Waals surface area contributed by atoms with Gasteiger partial charge in [-0.3, -0.25) is 0 Å². The molecular formula is C17H25NO. The molecule has 2 heteroatoms. The first-order chi connectivity index (χ1) is 9.13. The van der Waals surface area contributed by atoms with Gasteiger partial charge in [0, 0.05) is 6.04 Å². The van der Waals surface area contributed by atoms with Gasteiger partial charge in [-0.2, -0.15) is 0 Å². The predicted octanol–water partition coefficient (Wildman–Crippen LogP) is 3.12. The lowest BCUT2D eigenvalue weighted by Gasteiger charge is -2.22. The molecule has 4 unspecified atom stereocenters. The number of rotatable bonds is 3. The minimum Gasteiger partial charge on any atom is -0.388 e. The summed E-state index contributed by atoms with van der Waals surface area (Å²) in [5, 5.41) is 14.1. The van der Waals surface area contributed by atoms with Gasteiger partial charge in [-0.15, -0.1) is 0 Å². The number of nitrogens with one attached hydrogen (secondary N) is 1. The SMILES string of the molecule is Cc1cc(C)cc(C(O)CC2NCC3CCCC32)c1. The number of aryl methyl sites for hydroxylation is 2. The number of hydrogen-bond donors (Lipinski definition) is 2. The van der Waals surface area contributed by atoms with Gasteiger partial charge < -0.3 is 10.4 Å². The van der Waals surface area contributed by atoms with Crippen LogP contribution in [0.4, 0.5) is 0 Å². The third-order valence-electron chi connectivity index (χ3n) is 4.98. The summed E-state index contributed by atoms with van der Waals surface area (Å²) in [5.41, 5.74) is 3.57. The van der Waals surface area contributed by atoms with Gasteiger partial charge in [-0.1, -0.05) is 35.7 Å². The molecule has 4 atom stereocenters. The molecule has 2 fully saturated rings. The van der Waals surface area contributed by atoms with Crippen LogP contribution in [0.5, 0.6) is 0 Å². The first-order valence-corrected chi connectivity index (χ1v) is 7.63. The average molecular weight is 259 g/mol. The Morgan fingerprint density at radius 3 is 2.68 bits per heavy atom. The fourth-order valence-corrected chi connectivity index (χ4v) is 4.14. The Morgan fingerprint density at radius 2 is 1.95 bits per heavy atom. The quantitative estimate of drug-likeness (QED) is 0.874. The van der Waals surface area contributed by atoms with Crippen molar-refractivity contribution in [1.29, 1.82) is 0 Å². The average Bonchev–Trinajstić information content (AvgIpc) is 2.92. The number of fused-ring (bicyclic) bond motifs is 1. The van der Waals surface area contributed by atoms with E-state index in [0.29, 0.717) is 6.04 Å². The van der Waals surface area contributed by atoms with E-state index in [0.717, 1.165) is 30.4 Å². The zero-order chi connectivity index (χ0) is 13.4. The van der Waals surface area contributed by atoms with Crippen molar-refractivity contribution in [3.8, 4) is 0 Å². The predicted molar refractivity (Wildman–Crippen MR) is 78.1 cm³/mol. The second kappa shape index (κ2) is 5.26. The third kappa shape index (κ3) is 2.70. The van der Waals surface area contributed by atoms with E-state index in [2.05, 4.69) is 37.4 Å². The lowest BCUT2D eigenvalue weighted by atomic mass is 9.89. The summed E-state index contributed by atoms with van der Waals surface area (Å²) in [6.07, 6.45) is 4.66. The standard InChI is InChI=1S/C17H25NO/c1-11-6-12(2)8-14(7-11)17(19)9-16-15-5-3-4-13(15)10-18-16/h6-8,13,15-19H,3-5,9-10H2,1-2H3. The Balaban J connectivity index is 1.69. The molecule has 2 nitrogen and oxygen atoms in total. The molecule has 104 valence electrons. The zero-order valence-electron chi connectivity index (χ0n) is 12.0. The summed E-state index contributed by atoms with van der Waals surface area (Å²) >= 11 is 0. The Morgan fingerprint density at radius 1 is 1.21 bits per heavy atom. The maximum Gasteiger partial charge on any atom is 0.0805 e. The van der Waals surface area contributed by atoms with Crippen LogP contribution < -0.4 is 5.32 Å². The highest BCUT2D eigenvalue weighted by Gasteiger charge is 2.39. The largest absolute Gasteiger partial charge is 0.388 e. The molecule has 1 saturated carbocycles. The molecule has 19 heavy (non-hydrogen) atoms. The fourth-order valence-electron chi connectivity index (χ4n) is 4.14. The smallest absolute Gasteiger partial charge is 0.0805 e. The number of aliphatic hydroxyl groups is 1. The van der Waals surface area contributed by atoms with Gasteiger partial charge in [0.2, 0.25) is 0 Å². The van der Waals surface area contributed by atoms with E-state index in [4.69, 9.17) is 0 Å². The lowest BCUT2D eigenvalue weighted by molar-refractivity contribution is 0.145. The Bertz CT molecular complexity index is 436. The van der Waals surface area contributed by atoms with Crippen LogP contribution in [0.1, 0.15) is 48.5 Å². The highest BCUT2D eigenvalue weighted by molar-refractivity contribution is 5.30. The Labute approximate surface area is 116 Å². The monoisotopic (exact) mass is 259 g/mol. The van der Waals surface area contributed by atoms with Crippen LogP contribution in [0.25, 0.3) is 0 Å². The summed E-state index contributed by atoms with van der Waals surface area (Å²) in [6, 6.07) is 6.93. The van der Waals surface area contributed by atoms with Crippen LogP contribution in [-0.2, 0) is 0 Å². The van der Waals surface area contributed by atoms with Crippen LogP contribution in [0.3, 0.4) is 0 Å². The topological polar surface area (TPSA) is 32.3 Å². The van der Waals surface area contributed by atoms with Crippen molar-refractivity contribution in [2.75, 3.05) is 6.54 Å². The summed E-state index contributed by atoms with van der Waals surface area (Å²) in [5.74, 6) is 1.68. The molecule has 0 bridgehead atoms. The van der Waals surface area contributed by atoms with Gasteiger partial charge in [0.05, 0.1) is 6.10 Å². The first kappa shape index (κ1) is 13.1. The van der Waals surface area contributed by atoms with E-state index in [1.807, 2.05) is 0 Å². The first-order valence-electron chi connectivity index (χ1n) is 7.63. The molecule has 1 aromatic rings. The minimum atomic E-state index is -0.324. The van der Waals surface area contributed by atoms with Crippen LogP contribution in [-0.4, -0.2) is 17.7 Å². The molecule has 1 saturated heterocycles. The maximum absolute atomic E-state index is 10.5. The van der Waals surface area contributed by atoms with Gasteiger partial charge in [-0.05, 0) is 57.1 Å². The lowest BCUT2D eigenvalue weighted by Crippen LogP contribution is -2.28. The molecule has 1 aliphatic carbocycles. The third-order valence-corrected chi connectivity index (χ3v) is 4.98. The minimum absolute atomic E-state index is 0.324. The summed E-state index contributed by atoms with van der Waals surface area (Å²) in [4.78, 5) is 0. The van der Waals surface area contributed by atoms with Crippen LogP contribution in [0.15, 0.2) is 18.2 Å². The molecule has 3 rings (SSSR count). The molecule has 0 amide bonds. The zero-order valence-corrected chi connectivity index (χ0v) is 12.0. The van der Waals surface area contributed by atoms with Crippen LogP contribution in [0, 0.1) is 25.7 Å². The molecule has 0 radical (unpaired) electrons. The summed E-state index contributed by atoms with van der Waals surface area (Å²) in [7, 11) is 0. The second-order valence-corrected chi connectivity index (χ2v) is 6.54. The van der Waals surface area contributed by atoms with E-state index >= 15 is 0 Å². The molecule has 2 N–H and O–H groups in total. The van der Waals surface area contributed by atoms with Crippen molar-refractivity contribution in [3.05, 3.63) is 34.9 Å². The van der Waals surface area contributed by atoms with Crippen LogP contribution in [0.2, 0.25) is 0 Å². The van der Waals surface area contributed by atoms with E-state index in [9.17, 15) is 5.11 Å². The molecule has 1 heterocycles. The van der Waals surface area contributed by atoms with E-state index in [-0.39, 0.29) is 6.10 Å². The van der Waals surface area contributed by atoms with Gasteiger partial charge in [0.1, 0.15) is 0 Å². The number of aliphatic hydroxyl groups excluding tert-OH is 1. The Kier molecular flexibility index (Phi) is 3.64. The second-order valence-electron chi connectivity index (χ2n) is 6.54. The van der Waals surface area contributed by atoms with Crippen molar-refractivity contribution in [2.24, 2.45) is 11.8 Å². The van der Waals surface area contributed by atoms with E-state index in [1.165, 1.54) is 30.4 Å². The molecule has 0 aromatic heterocycles. The molecular weight excluding hydrogens is 234 g/mol. The molecule has 1 aromatic carbocycles. The summed E-state index contributed by atoms with van der Waals surface area (Å²) in [6.45, 7) is 5.36. The number of hydrogen-bond acceptors (Lipinski definition) is 2. The molecule has 1 aliphatic heterocycles. The summed E-state index contributed by atoms with van der Waals surface area (Å²) < 4.78 is 0. The molecule has 2 aliphatic rings. The van der Waals surface area contributed by atoms with Crippen molar-refractivity contribution in [1.82, 2.24) is 5.32 Å². The van der Waals surface area contributed by atoms with Gasteiger partial charge in [0.25, 0.3) is 0 Å². The van der Waals surface area contributed by atoms with Crippen molar-refractivity contribution < 1.29 is 5.11 Å². The van der Waals surface area contributed by atoms with E-state index in [1.54, 1.807) is 0 Å².